The molecule has 2 aromatic carbocycles. The Labute approximate surface area is 195 Å². The molecule has 1 aliphatic heterocycles. The van der Waals surface area contributed by atoms with Crippen molar-refractivity contribution in [1.82, 2.24) is 9.88 Å². The summed E-state index contributed by atoms with van der Waals surface area (Å²) in [6.45, 7) is 10.3. The Kier molecular flexibility index (Phi) is 6.75. The Morgan fingerprint density at radius 2 is 1.88 bits per heavy atom. The van der Waals surface area contributed by atoms with Crippen molar-refractivity contribution in [2.24, 2.45) is 0 Å². The van der Waals surface area contributed by atoms with Gasteiger partial charge in [-0.1, -0.05) is 31.2 Å². The number of esters is 1. The number of amides is 1. The van der Waals surface area contributed by atoms with Crippen LogP contribution in [-0.4, -0.2) is 41.0 Å². The lowest BCUT2D eigenvalue weighted by atomic mass is 9.95. The lowest BCUT2D eigenvalue weighted by Gasteiger charge is -2.29. The topological polar surface area (TPSA) is 71.5 Å². The fourth-order valence-electron chi connectivity index (χ4n) is 4.55. The Morgan fingerprint density at radius 3 is 2.61 bits per heavy atom. The molecular formula is C27H31N3O3. The van der Waals surface area contributed by atoms with Gasteiger partial charge >= 0.3 is 5.97 Å². The van der Waals surface area contributed by atoms with E-state index < -0.39 is 12.1 Å². The number of pyridine rings is 1. The molecule has 1 amide bonds. The summed E-state index contributed by atoms with van der Waals surface area (Å²) in [4.78, 5) is 33.4. The lowest BCUT2D eigenvalue weighted by Crippen LogP contribution is -2.34. The standard InChI is InChI=1S/C27H31N3O3/c1-5-11-30-12-10-24-22(16-30)25(21-8-6-7-9-23(21)29-24)27(32)33-19(4)26(31)28-20-14-17(2)13-18(3)15-20/h6-9,13-15,19H,5,10-12,16H2,1-4H3,(H,28,31). The third-order valence-corrected chi connectivity index (χ3v) is 6.01. The van der Waals surface area contributed by atoms with Gasteiger partial charge in [0.25, 0.3) is 5.91 Å². The van der Waals surface area contributed by atoms with Gasteiger partial charge in [-0.15, -0.1) is 0 Å². The van der Waals surface area contributed by atoms with Gasteiger partial charge in [0.1, 0.15) is 0 Å². The van der Waals surface area contributed by atoms with Gasteiger partial charge < -0.3 is 10.1 Å². The monoisotopic (exact) mass is 445 g/mol. The molecule has 33 heavy (non-hydrogen) atoms. The van der Waals surface area contributed by atoms with Crippen LogP contribution in [-0.2, 0) is 22.5 Å². The maximum Gasteiger partial charge on any atom is 0.339 e. The zero-order valence-corrected chi connectivity index (χ0v) is 19.8. The van der Waals surface area contributed by atoms with E-state index in [-0.39, 0.29) is 5.91 Å². The predicted molar refractivity (Wildman–Crippen MR) is 130 cm³/mol. The van der Waals surface area contributed by atoms with Crippen molar-refractivity contribution in [2.75, 3.05) is 18.4 Å². The number of carbonyl (C=O) groups is 2. The first-order valence-corrected chi connectivity index (χ1v) is 11.6. The zero-order valence-electron chi connectivity index (χ0n) is 19.8. The summed E-state index contributed by atoms with van der Waals surface area (Å²) in [7, 11) is 0. The second-order valence-electron chi connectivity index (χ2n) is 8.87. The van der Waals surface area contributed by atoms with E-state index in [0.29, 0.717) is 17.8 Å². The fourth-order valence-corrected chi connectivity index (χ4v) is 4.55. The highest BCUT2D eigenvalue weighted by Gasteiger charge is 2.28. The number of benzene rings is 2. The molecular weight excluding hydrogens is 414 g/mol. The molecule has 1 aliphatic rings. The molecule has 2 heterocycles. The highest BCUT2D eigenvalue weighted by atomic mass is 16.5. The van der Waals surface area contributed by atoms with Crippen molar-refractivity contribution in [1.29, 1.82) is 0 Å². The van der Waals surface area contributed by atoms with E-state index in [9.17, 15) is 9.59 Å². The number of hydrogen-bond donors (Lipinski definition) is 1. The average molecular weight is 446 g/mol. The lowest BCUT2D eigenvalue weighted by molar-refractivity contribution is -0.123. The number of ether oxygens (including phenoxy) is 1. The molecule has 1 aromatic heterocycles. The van der Waals surface area contributed by atoms with Gasteiger partial charge in [-0.05, 0) is 63.1 Å². The van der Waals surface area contributed by atoms with Gasteiger partial charge in [-0.25, -0.2) is 4.79 Å². The van der Waals surface area contributed by atoms with Crippen LogP contribution < -0.4 is 5.32 Å². The van der Waals surface area contributed by atoms with Gasteiger partial charge in [-0.3, -0.25) is 14.7 Å². The molecule has 3 aromatic rings. The normalized spacial score (nSPS) is 14.5. The van der Waals surface area contributed by atoms with E-state index in [0.717, 1.165) is 59.2 Å². The molecule has 0 spiro atoms. The first-order chi connectivity index (χ1) is 15.9. The van der Waals surface area contributed by atoms with Crippen LogP contribution in [0.1, 0.15) is 53.0 Å². The Balaban J connectivity index is 1.60. The van der Waals surface area contributed by atoms with Gasteiger partial charge in [0.15, 0.2) is 6.10 Å². The smallest absolute Gasteiger partial charge is 0.339 e. The number of aryl methyl sites for hydroxylation is 2. The first kappa shape index (κ1) is 22.9. The number of fused-ring (bicyclic) bond motifs is 2. The summed E-state index contributed by atoms with van der Waals surface area (Å²) in [5, 5.41) is 3.63. The van der Waals surface area contributed by atoms with Crippen molar-refractivity contribution in [3.63, 3.8) is 0 Å². The molecule has 0 saturated carbocycles. The van der Waals surface area contributed by atoms with Crippen LogP contribution in [0.25, 0.3) is 10.9 Å². The summed E-state index contributed by atoms with van der Waals surface area (Å²) in [6.07, 6.45) is 0.908. The molecule has 172 valence electrons. The maximum atomic E-state index is 13.4. The van der Waals surface area contributed by atoms with Gasteiger partial charge in [0, 0.05) is 41.8 Å². The Morgan fingerprint density at radius 1 is 1.15 bits per heavy atom. The molecule has 0 aliphatic carbocycles. The van der Waals surface area contributed by atoms with Gasteiger partial charge in [-0.2, -0.15) is 0 Å². The van der Waals surface area contributed by atoms with E-state index in [1.165, 1.54) is 0 Å². The van der Waals surface area contributed by atoms with Crippen molar-refractivity contribution >= 4 is 28.5 Å². The van der Waals surface area contributed by atoms with Crippen LogP contribution in [0.4, 0.5) is 5.69 Å². The third-order valence-electron chi connectivity index (χ3n) is 6.01. The fraction of sp³-hybridized carbons (Fsp3) is 0.370. The number of rotatable bonds is 6. The van der Waals surface area contributed by atoms with Crippen LogP contribution in [0.3, 0.4) is 0 Å². The van der Waals surface area contributed by atoms with E-state index >= 15 is 0 Å². The highest BCUT2D eigenvalue weighted by Crippen LogP contribution is 2.29. The molecule has 0 radical (unpaired) electrons. The molecule has 1 N–H and O–H groups in total. The minimum atomic E-state index is -0.934. The summed E-state index contributed by atoms with van der Waals surface area (Å²) in [5.74, 6) is -0.834. The third kappa shape index (κ3) is 5.06. The SMILES string of the molecule is CCCN1CCc2nc3ccccc3c(C(=O)OC(C)C(=O)Nc3cc(C)cc(C)c3)c2C1. The Hall–Kier alpha value is -3.25. The second kappa shape index (κ2) is 9.71. The molecule has 4 rings (SSSR count). The van der Waals surface area contributed by atoms with Crippen LogP contribution in [0.15, 0.2) is 42.5 Å². The summed E-state index contributed by atoms with van der Waals surface area (Å²) in [6, 6.07) is 13.5. The molecule has 0 bridgehead atoms. The van der Waals surface area contributed by atoms with Crippen molar-refractivity contribution in [2.45, 2.75) is 53.2 Å². The molecule has 1 atom stereocenters. The number of hydrogen-bond acceptors (Lipinski definition) is 5. The summed E-state index contributed by atoms with van der Waals surface area (Å²) < 4.78 is 5.70. The van der Waals surface area contributed by atoms with Gasteiger partial charge in [0.2, 0.25) is 0 Å². The molecule has 0 fully saturated rings. The van der Waals surface area contributed by atoms with Crippen LogP contribution >= 0.6 is 0 Å². The minimum absolute atomic E-state index is 0.354. The number of nitrogens with one attached hydrogen (secondary N) is 1. The van der Waals surface area contributed by atoms with Gasteiger partial charge in [0.05, 0.1) is 11.1 Å². The summed E-state index contributed by atoms with van der Waals surface area (Å²) >= 11 is 0. The highest BCUT2D eigenvalue weighted by molar-refractivity contribution is 6.06. The van der Waals surface area contributed by atoms with Crippen molar-refractivity contribution in [3.8, 4) is 0 Å². The Bertz CT molecular complexity index is 1180. The summed E-state index contributed by atoms with van der Waals surface area (Å²) in [5.41, 5.74) is 5.98. The van der Waals surface area contributed by atoms with Crippen LogP contribution in [0, 0.1) is 13.8 Å². The predicted octanol–water partition coefficient (Wildman–Crippen LogP) is 4.80. The van der Waals surface area contributed by atoms with Crippen molar-refractivity contribution < 1.29 is 14.3 Å². The largest absolute Gasteiger partial charge is 0.449 e. The zero-order chi connectivity index (χ0) is 23.5. The minimum Gasteiger partial charge on any atom is -0.449 e. The maximum absolute atomic E-state index is 13.4. The molecule has 0 saturated heterocycles. The van der Waals surface area contributed by atoms with Crippen molar-refractivity contribution in [3.05, 3.63) is 70.4 Å². The number of carbonyl (C=O) groups excluding carboxylic acids is 2. The second-order valence-corrected chi connectivity index (χ2v) is 8.87. The molecule has 6 heteroatoms. The molecule has 6 nitrogen and oxygen atoms in total. The number of anilines is 1. The molecule has 1 unspecified atom stereocenters. The van der Waals surface area contributed by atoms with Crippen LogP contribution in [0.5, 0.6) is 0 Å². The van der Waals surface area contributed by atoms with E-state index in [2.05, 4.69) is 17.1 Å². The van der Waals surface area contributed by atoms with E-state index in [4.69, 9.17) is 9.72 Å². The van der Waals surface area contributed by atoms with E-state index in [1.54, 1.807) is 6.92 Å². The first-order valence-electron chi connectivity index (χ1n) is 11.6. The number of para-hydroxylation sites is 1. The number of nitrogens with zero attached hydrogens (tertiary/aromatic N) is 2. The quantitative estimate of drug-likeness (QED) is 0.552. The number of aromatic nitrogens is 1. The van der Waals surface area contributed by atoms with Crippen LogP contribution in [0.2, 0.25) is 0 Å². The van der Waals surface area contributed by atoms with E-state index in [1.807, 2.05) is 56.3 Å². The average Bonchev–Trinajstić information content (AvgIpc) is 2.76.